The number of ether oxygens (including phenoxy) is 1. The van der Waals surface area contributed by atoms with E-state index in [0.29, 0.717) is 6.10 Å². The van der Waals surface area contributed by atoms with Gasteiger partial charge in [-0.3, -0.25) is 0 Å². The summed E-state index contributed by atoms with van der Waals surface area (Å²) in [5, 5.41) is 2.10. The first-order valence-corrected chi connectivity index (χ1v) is 5.92. The summed E-state index contributed by atoms with van der Waals surface area (Å²) < 4.78 is 5.72. The van der Waals surface area contributed by atoms with Gasteiger partial charge in [-0.15, -0.1) is 22.9 Å². The lowest BCUT2D eigenvalue weighted by Crippen LogP contribution is -2.13. The molecule has 13 heavy (non-hydrogen) atoms. The minimum atomic E-state index is 0.0463. The Balaban J connectivity index is 2.02. The van der Waals surface area contributed by atoms with Crippen LogP contribution in [0.25, 0.3) is 0 Å². The van der Waals surface area contributed by atoms with Crippen molar-refractivity contribution in [1.82, 2.24) is 0 Å². The van der Waals surface area contributed by atoms with Crippen molar-refractivity contribution in [1.29, 1.82) is 0 Å². The molecular formula is C10H13ClOS. The minimum absolute atomic E-state index is 0.0463. The van der Waals surface area contributed by atoms with E-state index < -0.39 is 0 Å². The molecule has 1 fully saturated rings. The summed E-state index contributed by atoms with van der Waals surface area (Å²) in [5.74, 6) is 0. The van der Waals surface area contributed by atoms with Gasteiger partial charge in [-0.05, 0) is 31.2 Å². The minimum Gasteiger partial charge on any atom is -0.373 e. The van der Waals surface area contributed by atoms with Crippen molar-refractivity contribution in [3.8, 4) is 0 Å². The van der Waals surface area contributed by atoms with Gasteiger partial charge in [0.2, 0.25) is 0 Å². The van der Waals surface area contributed by atoms with Crippen molar-refractivity contribution in [3.05, 3.63) is 22.4 Å². The van der Waals surface area contributed by atoms with Crippen LogP contribution in [0.3, 0.4) is 0 Å². The van der Waals surface area contributed by atoms with E-state index in [9.17, 15) is 0 Å². The second kappa shape index (κ2) is 3.99. The van der Waals surface area contributed by atoms with Crippen LogP contribution in [0.2, 0.25) is 0 Å². The zero-order valence-corrected chi connectivity index (χ0v) is 9.15. The van der Waals surface area contributed by atoms with E-state index >= 15 is 0 Å². The van der Waals surface area contributed by atoms with Crippen molar-refractivity contribution in [2.75, 3.05) is 0 Å². The van der Waals surface area contributed by atoms with E-state index in [2.05, 4.69) is 18.4 Å². The van der Waals surface area contributed by atoms with Gasteiger partial charge in [0.05, 0.1) is 17.6 Å². The first-order valence-electron chi connectivity index (χ1n) is 4.60. The SMILES string of the molecule is CC1CCC(C(Cl)c2cccs2)O1. The van der Waals surface area contributed by atoms with Crippen molar-refractivity contribution in [3.63, 3.8) is 0 Å². The monoisotopic (exact) mass is 216 g/mol. The second-order valence-corrected chi connectivity index (χ2v) is 4.93. The Hall–Kier alpha value is -0.0500. The van der Waals surface area contributed by atoms with Gasteiger partial charge in [0.25, 0.3) is 0 Å². The highest BCUT2D eigenvalue weighted by atomic mass is 35.5. The van der Waals surface area contributed by atoms with Crippen molar-refractivity contribution >= 4 is 22.9 Å². The number of halogens is 1. The van der Waals surface area contributed by atoms with Crippen molar-refractivity contribution in [2.24, 2.45) is 0 Å². The van der Waals surface area contributed by atoms with Gasteiger partial charge in [0.1, 0.15) is 0 Å². The number of alkyl halides is 1. The Morgan fingerprint density at radius 2 is 2.46 bits per heavy atom. The lowest BCUT2D eigenvalue weighted by atomic mass is 10.1. The molecule has 0 N–H and O–H groups in total. The molecule has 0 amide bonds. The Kier molecular flexibility index (Phi) is 2.92. The van der Waals surface area contributed by atoms with Crippen LogP contribution >= 0.6 is 22.9 Å². The van der Waals surface area contributed by atoms with Gasteiger partial charge in [0, 0.05) is 4.88 Å². The van der Waals surface area contributed by atoms with Gasteiger partial charge < -0.3 is 4.74 Å². The average Bonchev–Trinajstić information content (AvgIpc) is 2.72. The molecule has 72 valence electrons. The zero-order chi connectivity index (χ0) is 9.26. The first kappa shape index (κ1) is 9.50. The van der Waals surface area contributed by atoms with Gasteiger partial charge >= 0.3 is 0 Å². The molecule has 2 heterocycles. The van der Waals surface area contributed by atoms with E-state index in [4.69, 9.17) is 16.3 Å². The predicted molar refractivity (Wildman–Crippen MR) is 56.5 cm³/mol. The summed E-state index contributed by atoms with van der Waals surface area (Å²) in [6.45, 7) is 2.11. The molecule has 2 rings (SSSR count). The summed E-state index contributed by atoms with van der Waals surface area (Å²) in [5.41, 5.74) is 0. The van der Waals surface area contributed by atoms with E-state index in [0.717, 1.165) is 12.8 Å². The summed E-state index contributed by atoms with van der Waals surface area (Å²) >= 11 is 8.01. The maximum absolute atomic E-state index is 6.30. The van der Waals surface area contributed by atoms with Crippen molar-refractivity contribution < 1.29 is 4.74 Å². The quantitative estimate of drug-likeness (QED) is 0.687. The molecule has 3 heteroatoms. The average molecular weight is 217 g/mol. The van der Waals surface area contributed by atoms with Crippen molar-refractivity contribution in [2.45, 2.75) is 37.4 Å². The largest absolute Gasteiger partial charge is 0.373 e. The van der Waals surface area contributed by atoms with Gasteiger partial charge in [-0.1, -0.05) is 6.07 Å². The molecule has 1 nitrogen and oxygen atoms in total. The van der Waals surface area contributed by atoms with Crippen LogP contribution < -0.4 is 0 Å². The molecule has 3 unspecified atom stereocenters. The fourth-order valence-electron chi connectivity index (χ4n) is 1.68. The Bertz CT molecular complexity index is 260. The molecule has 1 saturated heterocycles. The Morgan fingerprint density at radius 1 is 1.62 bits per heavy atom. The maximum atomic E-state index is 6.30. The van der Waals surface area contributed by atoms with Crippen LogP contribution in [0.1, 0.15) is 30.0 Å². The highest BCUT2D eigenvalue weighted by Gasteiger charge is 2.29. The highest BCUT2D eigenvalue weighted by molar-refractivity contribution is 7.10. The summed E-state index contributed by atoms with van der Waals surface area (Å²) in [6.07, 6.45) is 2.83. The Morgan fingerprint density at radius 3 is 3.00 bits per heavy atom. The topological polar surface area (TPSA) is 9.23 Å². The summed E-state index contributed by atoms with van der Waals surface area (Å²) in [6, 6.07) is 4.11. The molecule has 0 aromatic carbocycles. The van der Waals surface area contributed by atoms with E-state index in [1.807, 2.05) is 6.07 Å². The number of rotatable bonds is 2. The fourth-order valence-corrected chi connectivity index (χ4v) is 2.85. The van der Waals surface area contributed by atoms with Crippen LogP contribution in [-0.2, 0) is 4.74 Å². The molecule has 1 aliphatic heterocycles. The van der Waals surface area contributed by atoms with Gasteiger partial charge in [0.15, 0.2) is 0 Å². The van der Waals surface area contributed by atoms with Crippen LogP contribution in [0.4, 0.5) is 0 Å². The molecule has 0 saturated carbocycles. The molecule has 0 radical (unpaired) electrons. The summed E-state index contributed by atoms with van der Waals surface area (Å²) in [4.78, 5) is 1.22. The molecule has 0 bridgehead atoms. The number of thiophene rings is 1. The van der Waals surface area contributed by atoms with E-state index in [1.165, 1.54) is 4.88 Å². The number of hydrogen-bond acceptors (Lipinski definition) is 2. The molecular weight excluding hydrogens is 204 g/mol. The van der Waals surface area contributed by atoms with Crippen LogP contribution in [-0.4, -0.2) is 12.2 Å². The normalized spacial score (nSPS) is 30.6. The van der Waals surface area contributed by atoms with Gasteiger partial charge in [-0.2, -0.15) is 0 Å². The van der Waals surface area contributed by atoms with Crippen LogP contribution in [0.15, 0.2) is 17.5 Å². The molecule has 1 aromatic rings. The second-order valence-electron chi connectivity index (χ2n) is 3.48. The first-order chi connectivity index (χ1) is 6.27. The predicted octanol–water partition coefficient (Wildman–Crippen LogP) is 3.60. The lowest BCUT2D eigenvalue weighted by Gasteiger charge is -2.15. The van der Waals surface area contributed by atoms with E-state index in [-0.39, 0.29) is 11.5 Å². The Labute approximate surface area is 87.7 Å². The maximum Gasteiger partial charge on any atom is 0.0939 e. The molecule has 0 spiro atoms. The number of hydrogen-bond donors (Lipinski definition) is 0. The molecule has 1 aromatic heterocycles. The molecule has 3 atom stereocenters. The third kappa shape index (κ3) is 2.06. The molecule has 1 aliphatic rings. The smallest absolute Gasteiger partial charge is 0.0939 e. The van der Waals surface area contributed by atoms with E-state index in [1.54, 1.807) is 11.3 Å². The highest BCUT2D eigenvalue weighted by Crippen LogP contribution is 2.36. The van der Waals surface area contributed by atoms with Crippen LogP contribution in [0.5, 0.6) is 0 Å². The third-order valence-corrected chi connectivity index (χ3v) is 4.01. The fraction of sp³-hybridized carbons (Fsp3) is 0.600. The van der Waals surface area contributed by atoms with Gasteiger partial charge in [-0.25, -0.2) is 0 Å². The summed E-state index contributed by atoms with van der Waals surface area (Å²) in [7, 11) is 0. The molecule has 0 aliphatic carbocycles. The standard InChI is InChI=1S/C10H13ClOS/c1-7-4-5-8(12-7)10(11)9-3-2-6-13-9/h2-3,6-8,10H,4-5H2,1H3. The third-order valence-electron chi connectivity index (χ3n) is 2.41. The zero-order valence-electron chi connectivity index (χ0n) is 7.57. The lowest BCUT2D eigenvalue weighted by molar-refractivity contribution is 0.0538. The van der Waals surface area contributed by atoms with Crippen LogP contribution in [0, 0.1) is 0 Å².